The summed E-state index contributed by atoms with van der Waals surface area (Å²) in [4.78, 5) is 7.66. The average Bonchev–Trinajstić information content (AvgIpc) is 3.38. The topological polar surface area (TPSA) is 78.7 Å². The van der Waals surface area contributed by atoms with Crippen LogP contribution in [0.2, 0.25) is 0 Å². The van der Waals surface area contributed by atoms with Crippen LogP contribution in [0, 0.1) is 13.8 Å². The first-order valence-corrected chi connectivity index (χ1v) is 12.6. The van der Waals surface area contributed by atoms with Gasteiger partial charge in [0.25, 0.3) is 0 Å². The van der Waals surface area contributed by atoms with E-state index in [1.165, 1.54) is 44.1 Å². The molecule has 3 rings (SSSR count). The van der Waals surface area contributed by atoms with Crippen LogP contribution in [0.25, 0.3) is 0 Å². The van der Waals surface area contributed by atoms with Crippen LogP contribution in [0.15, 0.2) is 52.6 Å². The van der Waals surface area contributed by atoms with E-state index in [2.05, 4.69) is 38.8 Å². The van der Waals surface area contributed by atoms with Crippen LogP contribution < -0.4 is 10.0 Å². The monoisotopic (exact) mass is 457 g/mol. The Morgan fingerprint density at radius 2 is 1.91 bits per heavy atom. The van der Waals surface area contributed by atoms with Gasteiger partial charge < -0.3 is 9.88 Å². The molecule has 0 bridgehead atoms. The Labute approximate surface area is 192 Å². The first-order chi connectivity index (χ1) is 15.2. The minimum absolute atomic E-state index is 0.197. The van der Waals surface area contributed by atoms with Gasteiger partial charge in [-0.2, -0.15) is 0 Å². The summed E-state index contributed by atoms with van der Waals surface area (Å²) >= 11 is 0. The number of aliphatic imine (C=N–C) groups is 1. The number of anilines is 1. The van der Waals surface area contributed by atoms with Crippen LogP contribution in [0.4, 0.5) is 5.69 Å². The van der Waals surface area contributed by atoms with E-state index < -0.39 is 10.0 Å². The number of aromatic nitrogens is 1. The summed E-state index contributed by atoms with van der Waals surface area (Å²) in [7, 11) is -2.05. The quantitative estimate of drug-likeness (QED) is 0.466. The lowest BCUT2D eigenvalue weighted by molar-refractivity contribution is 0.331. The number of rotatable bonds is 8. The average molecular weight is 458 g/mol. The van der Waals surface area contributed by atoms with Gasteiger partial charge in [0.2, 0.25) is 10.0 Å². The summed E-state index contributed by atoms with van der Waals surface area (Å²) in [6, 6.07) is 5.22. The third-order valence-corrected chi connectivity index (χ3v) is 7.32. The van der Waals surface area contributed by atoms with Gasteiger partial charge in [-0.15, -0.1) is 0 Å². The number of sulfonamides is 1. The van der Waals surface area contributed by atoms with Gasteiger partial charge in [0.05, 0.1) is 4.90 Å². The van der Waals surface area contributed by atoms with Gasteiger partial charge in [-0.1, -0.05) is 6.08 Å². The minimum Gasteiger partial charge on any atom is -0.364 e. The largest absolute Gasteiger partial charge is 0.364 e. The molecule has 2 N–H and O–H groups in total. The highest BCUT2D eigenvalue weighted by Crippen LogP contribution is 2.21. The summed E-state index contributed by atoms with van der Waals surface area (Å²) in [5, 5.41) is 3.36. The zero-order valence-electron chi connectivity index (χ0n) is 19.7. The van der Waals surface area contributed by atoms with Gasteiger partial charge >= 0.3 is 0 Å². The third kappa shape index (κ3) is 5.88. The summed E-state index contributed by atoms with van der Waals surface area (Å²) in [5.41, 5.74) is 4.11. The number of nitrogens with one attached hydrogen (secondary N) is 2. The molecular formula is C24H35N5O2S. The molecule has 0 saturated carbocycles. The van der Waals surface area contributed by atoms with Crippen LogP contribution in [-0.2, 0) is 16.6 Å². The van der Waals surface area contributed by atoms with E-state index in [-0.39, 0.29) is 11.1 Å². The molecule has 2 aromatic rings. The molecule has 2 heterocycles. The fraction of sp³-hybridized carbons (Fsp3) is 0.458. The molecule has 1 saturated heterocycles. The standard InChI is InChI=1S/C24H35N5O2S/c1-6-9-24(29-15-19(3)21(17-29)16-28-12-7-8-13-28)27-20(4)26-22-10-11-23(18(2)14-22)32(30,31)25-5/h6,9-11,14-15,17,20,25-26H,7-8,12-13,16H2,1-5H3/b9-6-,27-24+. The molecule has 1 aromatic heterocycles. The molecule has 0 radical (unpaired) electrons. The van der Waals surface area contributed by atoms with Crippen molar-refractivity contribution in [2.75, 3.05) is 25.5 Å². The van der Waals surface area contributed by atoms with Crippen molar-refractivity contribution in [1.29, 1.82) is 0 Å². The Balaban J connectivity index is 1.78. The van der Waals surface area contributed by atoms with Crippen molar-refractivity contribution < 1.29 is 8.42 Å². The fourth-order valence-electron chi connectivity index (χ4n) is 4.05. The van der Waals surface area contributed by atoms with Gasteiger partial charge in [0.15, 0.2) is 0 Å². The molecule has 1 aliphatic heterocycles. The van der Waals surface area contributed by atoms with E-state index in [0.717, 1.165) is 18.1 Å². The van der Waals surface area contributed by atoms with Gasteiger partial charge in [0.1, 0.15) is 12.0 Å². The van der Waals surface area contributed by atoms with E-state index in [9.17, 15) is 8.42 Å². The lowest BCUT2D eigenvalue weighted by Gasteiger charge is -2.15. The molecule has 0 amide bonds. The Bertz CT molecular complexity index is 1100. The highest BCUT2D eigenvalue weighted by Gasteiger charge is 2.16. The lowest BCUT2D eigenvalue weighted by atomic mass is 10.2. The van der Waals surface area contributed by atoms with Crippen molar-refractivity contribution in [3.8, 4) is 0 Å². The predicted octanol–water partition coefficient (Wildman–Crippen LogP) is 3.89. The molecule has 0 spiro atoms. The molecule has 7 nitrogen and oxygen atoms in total. The molecule has 1 fully saturated rings. The van der Waals surface area contributed by atoms with Crippen LogP contribution in [0.5, 0.6) is 0 Å². The molecule has 1 atom stereocenters. The van der Waals surface area contributed by atoms with Crippen LogP contribution in [-0.4, -0.2) is 50.0 Å². The molecule has 174 valence electrons. The summed E-state index contributed by atoms with van der Waals surface area (Å²) < 4.78 is 28.7. The third-order valence-electron chi connectivity index (χ3n) is 5.74. The van der Waals surface area contributed by atoms with E-state index in [1.807, 2.05) is 32.1 Å². The number of hydrogen-bond donors (Lipinski definition) is 2. The Morgan fingerprint density at radius 3 is 2.53 bits per heavy atom. The predicted molar refractivity (Wildman–Crippen MR) is 132 cm³/mol. The molecule has 32 heavy (non-hydrogen) atoms. The van der Waals surface area contributed by atoms with Crippen molar-refractivity contribution in [3.05, 3.63) is 59.4 Å². The van der Waals surface area contributed by atoms with E-state index in [1.54, 1.807) is 19.1 Å². The maximum absolute atomic E-state index is 12.1. The second-order valence-electron chi connectivity index (χ2n) is 8.35. The van der Waals surface area contributed by atoms with Crippen LogP contribution >= 0.6 is 0 Å². The molecule has 8 heteroatoms. The molecule has 1 aromatic carbocycles. The van der Waals surface area contributed by atoms with Gasteiger partial charge in [-0.05, 0) is 102 Å². The highest BCUT2D eigenvalue weighted by atomic mass is 32.2. The van der Waals surface area contributed by atoms with Gasteiger partial charge in [-0.25, -0.2) is 18.1 Å². The Hall–Kier alpha value is -2.42. The molecule has 1 unspecified atom stereocenters. The van der Waals surface area contributed by atoms with Crippen molar-refractivity contribution >= 4 is 21.5 Å². The fourth-order valence-corrected chi connectivity index (χ4v) is 5.00. The van der Waals surface area contributed by atoms with Gasteiger partial charge in [0, 0.05) is 24.6 Å². The maximum Gasteiger partial charge on any atom is 0.240 e. The Kier molecular flexibility index (Phi) is 7.92. The number of allylic oxidation sites excluding steroid dienone is 2. The maximum atomic E-state index is 12.1. The first kappa shape index (κ1) is 24.2. The van der Waals surface area contributed by atoms with Crippen LogP contribution in [0.3, 0.4) is 0 Å². The second-order valence-corrected chi connectivity index (χ2v) is 10.2. The Morgan fingerprint density at radius 1 is 1.19 bits per heavy atom. The van der Waals surface area contributed by atoms with E-state index >= 15 is 0 Å². The summed E-state index contributed by atoms with van der Waals surface area (Å²) in [6.07, 6.45) is 10.7. The number of hydrogen-bond acceptors (Lipinski definition) is 5. The number of nitrogens with zero attached hydrogens (tertiary/aromatic N) is 3. The number of aryl methyl sites for hydroxylation is 2. The normalized spacial score (nSPS) is 16.7. The minimum atomic E-state index is -3.47. The lowest BCUT2D eigenvalue weighted by Crippen LogP contribution is -2.20. The number of likely N-dealkylation sites (tertiary alicyclic amines) is 1. The summed E-state index contributed by atoms with van der Waals surface area (Å²) in [5.74, 6) is 0.856. The van der Waals surface area contributed by atoms with Crippen molar-refractivity contribution in [1.82, 2.24) is 14.2 Å². The summed E-state index contributed by atoms with van der Waals surface area (Å²) in [6.45, 7) is 11.2. The zero-order chi connectivity index (χ0) is 23.3. The van der Waals surface area contributed by atoms with Crippen LogP contribution in [0.1, 0.15) is 43.4 Å². The molecular weight excluding hydrogens is 422 g/mol. The van der Waals surface area contributed by atoms with Crippen molar-refractivity contribution in [2.24, 2.45) is 4.99 Å². The van der Waals surface area contributed by atoms with E-state index in [4.69, 9.17) is 4.99 Å². The van der Waals surface area contributed by atoms with Gasteiger partial charge in [-0.3, -0.25) is 4.90 Å². The van der Waals surface area contributed by atoms with Crippen molar-refractivity contribution in [3.63, 3.8) is 0 Å². The number of benzene rings is 1. The molecule has 1 aliphatic rings. The smallest absolute Gasteiger partial charge is 0.240 e. The van der Waals surface area contributed by atoms with Crippen molar-refractivity contribution in [2.45, 2.75) is 58.1 Å². The van der Waals surface area contributed by atoms with E-state index in [0.29, 0.717) is 5.56 Å². The zero-order valence-corrected chi connectivity index (χ0v) is 20.5. The molecule has 0 aliphatic carbocycles. The SMILES string of the molecule is C/C=C\C(=N/C(C)Nc1ccc(S(=O)(=O)NC)c(C)c1)n1cc(C)c(CN2CCCC2)c1. The second kappa shape index (κ2) is 10.5. The first-order valence-electron chi connectivity index (χ1n) is 11.1. The highest BCUT2D eigenvalue weighted by molar-refractivity contribution is 7.89.